The number of furan rings is 1. The molecular weight excluding hydrogens is 470 g/mol. The number of aromatic nitrogens is 2. The van der Waals surface area contributed by atoms with Crippen LogP contribution in [0.5, 0.6) is 0 Å². The van der Waals surface area contributed by atoms with E-state index in [2.05, 4.69) is 36.7 Å². The molecule has 0 bridgehead atoms. The molecule has 0 aliphatic rings. The Kier molecular flexibility index (Phi) is 6.54. The molecule has 0 saturated carbocycles. The first kappa shape index (κ1) is 20.2. The second-order valence-electron chi connectivity index (χ2n) is 5.29. The number of hydrogen-bond donors (Lipinski definition) is 1. The zero-order chi connectivity index (χ0) is 20.1. The van der Waals surface area contributed by atoms with Crippen molar-refractivity contribution in [3.05, 3.63) is 55.7 Å². The van der Waals surface area contributed by atoms with E-state index in [0.717, 1.165) is 9.35 Å². The van der Waals surface area contributed by atoms with Gasteiger partial charge >= 0.3 is 0 Å². The van der Waals surface area contributed by atoms with Gasteiger partial charge in [0.2, 0.25) is 0 Å². The summed E-state index contributed by atoms with van der Waals surface area (Å²) in [5, 5.41) is 23.3. The minimum absolute atomic E-state index is 0.0201. The zero-order valence-electron chi connectivity index (χ0n) is 14.3. The van der Waals surface area contributed by atoms with E-state index >= 15 is 0 Å². The number of nitrogens with zero attached hydrogens (tertiary/aromatic N) is 4. The van der Waals surface area contributed by atoms with Gasteiger partial charge in [0, 0.05) is 22.2 Å². The van der Waals surface area contributed by atoms with Crippen molar-refractivity contribution in [1.82, 2.24) is 15.6 Å². The fourth-order valence-corrected chi connectivity index (χ4v) is 4.22. The van der Waals surface area contributed by atoms with Crippen LogP contribution >= 0.6 is 39.0 Å². The predicted octanol–water partition coefficient (Wildman–Crippen LogP) is 4.02. The number of hydrazone groups is 1. The maximum absolute atomic E-state index is 11.8. The Hall–Kier alpha value is -2.57. The van der Waals surface area contributed by atoms with Gasteiger partial charge in [0.15, 0.2) is 4.34 Å². The first-order chi connectivity index (χ1) is 13.4. The van der Waals surface area contributed by atoms with E-state index in [4.69, 9.17) is 4.42 Å². The first-order valence-electron chi connectivity index (χ1n) is 7.71. The smallest absolute Gasteiger partial charge is 0.270 e. The number of nitrogens with one attached hydrogen (secondary N) is 1. The number of carbonyl (C=O) groups excluding carboxylic acids is 1. The quantitative estimate of drug-likeness (QED) is 0.234. The molecule has 0 atom stereocenters. The highest BCUT2D eigenvalue weighted by Gasteiger charge is 2.13. The monoisotopic (exact) mass is 481 g/mol. The molecule has 3 aromatic rings. The minimum Gasteiger partial charge on any atom is -0.455 e. The number of carbonyl (C=O) groups is 1. The van der Waals surface area contributed by atoms with Gasteiger partial charge in [-0.2, -0.15) is 5.10 Å². The normalized spacial score (nSPS) is 11.1. The number of nitro groups is 1. The van der Waals surface area contributed by atoms with Gasteiger partial charge in [-0.1, -0.05) is 23.1 Å². The average Bonchev–Trinajstić information content (AvgIpc) is 3.29. The number of halogens is 1. The largest absolute Gasteiger partial charge is 0.455 e. The van der Waals surface area contributed by atoms with Crippen LogP contribution < -0.4 is 5.43 Å². The number of hydrogen-bond acceptors (Lipinski definition) is 9. The lowest BCUT2D eigenvalue weighted by atomic mass is 10.1. The first-order valence-corrected chi connectivity index (χ1v) is 10.3. The number of rotatable bonds is 7. The molecule has 0 fully saturated rings. The van der Waals surface area contributed by atoms with Crippen molar-refractivity contribution < 1.29 is 14.1 Å². The second kappa shape index (κ2) is 9.08. The predicted molar refractivity (Wildman–Crippen MR) is 110 cm³/mol. The van der Waals surface area contributed by atoms with Gasteiger partial charge in [-0.15, -0.1) is 10.2 Å². The minimum atomic E-state index is -0.470. The lowest BCUT2D eigenvalue weighted by molar-refractivity contribution is -0.384. The van der Waals surface area contributed by atoms with E-state index < -0.39 is 4.92 Å². The Morgan fingerprint density at radius 3 is 2.93 bits per heavy atom. The summed E-state index contributed by atoms with van der Waals surface area (Å²) in [6, 6.07) is 7.78. The molecule has 0 spiro atoms. The third-order valence-electron chi connectivity index (χ3n) is 3.27. The SMILES string of the molecule is Cc1nnc(SCC(=O)N/N=C\c2ccc(-c3ccc([N+](=O)[O-])cc3Br)o2)s1. The number of nitro benzene ring substituents is 1. The summed E-state index contributed by atoms with van der Waals surface area (Å²) in [5.41, 5.74) is 3.06. The van der Waals surface area contributed by atoms with Gasteiger partial charge in [-0.25, -0.2) is 5.43 Å². The number of benzene rings is 1. The van der Waals surface area contributed by atoms with Crippen LogP contribution in [0, 0.1) is 17.0 Å². The van der Waals surface area contributed by atoms with Crippen molar-refractivity contribution in [3.8, 4) is 11.3 Å². The van der Waals surface area contributed by atoms with Crippen molar-refractivity contribution in [3.63, 3.8) is 0 Å². The van der Waals surface area contributed by atoms with Crippen LogP contribution in [0.15, 0.2) is 48.7 Å². The molecule has 2 heterocycles. The molecule has 9 nitrogen and oxygen atoms in total. The lowest BCUT2D eigenvalue weighted by Gasteiger charge is -2.00. The molecule has 1 aromatic carbocycles. The van der Waals surface area contributed by atoms with E-state index in [1.807, 2.05) is 6.92 Å². The maximum Gasteiger partial charge on any atom is 0.270 e. The van der Waals surface area contributed by atoms with Crippen LogP contribution in [-0.2, 0) is 4.79 Å². The van der Waals surface area contributed by atoms with Gasteiger partial charge in [0.05, 0.1) is 16.9 Å². The Labute approximate surface area is 175 Å². The molecule has 2 aromatic heterocycles. The highest BCUT2D eigenvalue weighted by Crippen LogP contribution is 2.32. The molecule has 0 aliphatic carbocycles. The number of thioether (sulfide) groups is 1. The Balaban J connectivity index is 1.56. The molecule has 0 saturated heterocycles. The highest BCUT2D eigenvalue weighted by molar-refractivity contribution is 9.10. The molecule has 0 radical (unpaired) electrons. The molecule has 3 rings (SSSR count). The standard InChI is InChI=1S/C16H12BrN5O4S2/c1-9-19-21-16(28-9)27-8-15(23)20-18-7-11-3-5-14(26-11)12-4-2-10(22(24)25)6-13(12)17/h2-7H,8H2,1H3,(H,20,23)/b18-7-. The maximum atomic E-state index is 11.8. The lowest BCUT2D eigenvalue weighted by Crippen LogP contribution is -2.19. The Morgan fingerprint density at radius 2 is 2.25 bits per heavy atom. The van der Waals surface area contributed by atoms with E-state index in [9.17, 15) is 14.9 Å². The van der Waals surface area contributed by atoms with E-state index in [0.29, 0.717) is 21.6 Å². The molecule has 28 heavy (non-hydrogen) atoms. The Morgan fingerprint density at radius 1 is 1.43 bits per heavy atom. The summed E-state index contributed by atoms with van der Waals surface area (Å²) < 4.78 is 6.90. The fraction of sp³-hybridized carbons (Fsp3) is 0.125. The van der Waals surface area contributed by atoms with Gasteiger partial charge in [0.1, 0.15) is 16.5 Å². The highest BCUT2D eigenvalue weighted by atomic mass is 79.9. The summed E-state index contributed by atoms with van der Waals surface area (Å²) in [6.07, 6.45) is 1.38. The Bertz CT molecular complexity index is 1050. The summed E-state index contributed by atoms with van der Waals surface area (Å²) >= 11 is 6.01. The molecule has 0 aliphatic heterocycles. The molecule has 0 unspecified atom stereocenters. The topological polar surface area (TPSA) is 124 Å². The average molecular weight is 482 g/mol. The zero-order valence-corrected chi connectivity index (χ0v) is 17.5. The van der Waals surface area contributed by atoms with E-state index in [1.165, 1.54) is 41.4 Å². The van der Waals surface area contributed by atoms with Crippen LogP contribution in [0.4, 0.5) is 5.69 Å². The van der Waals surface area contributed by atoms with Crippen molar-refractivity contribution in [2.24, 2.45) is 5.10 Å². The van der Waals surface area contributed by atoms with Gasteiger partial charge in [-0.3, -0.25) is 14.9 Å². The summed E-state index contributed by atoms with van der Waals surface area (Å²) in [4.78, 5) is 22.1. The van der Waals surface area contributed by atoms with E-state index in [-0.39, 0.29) is 17.3 Å². The summed E-state index contributed by atoms with van der Waals surface area (Å²) in [5.74, 6) is 0.828. The molecule has 1 N–H and O–H groups in total. The summed E-state index contributed by atoms with van der Waals surface area (Å²) in [7, 11) is 0. The van der Waals surface area contributed by atoms with Crippen LogP contribution in [0.1, 0.15) is 10.8 Å². The molecular formula is C16H12BrN5O4S2. The molecule has 12 heteroatoms. The van der Waals surface area contributed by atoms with Crippen LogP contribution in [0.25, 0.3) is 11.3 Å². The second-order valence-corrected chi connectivity index (χ2v) is 8.55. The third kappa shape index (κ3) is 5.24. The number of non-ortho nitro benzene ring substituents is 1. The summed E-state index contributed by atoms with van der Waals surface area (Å²) in [6.45, 7) is 1.85. The van der Waals surface area contributed by atoms with Crippen LogP contribution in [0.2, 0.25) is 0 Å². The van der Waals surface area contributed by atoms with Gasteiger partial charge < -0.3 is 4.42 Å². The van der Waals surface area contributed by atoms with E-state index in [1.54, 1.807) is 18.2 Å². The van der Waals surface area contributed by atoms with Crippen LogP contribution in [0.3, 0.4) is 0 Å². The molecule has 144 valence electrons. The number of aryl methyl sites for hydroxylation is 1. The van der Waals surface area contributed by atoms with Gasteiger partial charge in [-0.05, 0) is 41.1 Å². The van der Waals surface area contributed by atoms with Crippen LogP contribution in [-0.4, -0.2) is 33.0 Å². The number of amides is 1. The van der Waals surface area contributed by atoms with Crippen molar-refractivity contribution in [2.75, 3.05) is 5.75 Å². The van der Waals surface area contributed by atoms with Crippen molar-refractivity contribution in [1.29, 1.82) is 0 Å². The van der Waals surface area contributed by atoms with Gasteiger partial charge in [0.25, 0.3) is 11.6 Å². The van der Waals surface area contributed by atoms with Crippen molar-refractivity contribution in [2.45, 2.75) is 11.3 Å². The third-order valence-corrected chi connectivity index (χ3v) is 5.90. The molecule has 1 amide bonds. The van der Waals surface area contributed by atoms with Crippen molar-refractivity contribution >= 4 is 56.8 Å². The fourth-order valence-electron chi connectivity index (χ4n) is 2.05.